The van der Waals surface area contributed by atoms with Gasteiger partial charge in [-0.2, -0.15) is 5.10 Å². The van der Waals surface area contributed by atoms with E-state index < -0.39 is 9.84 Å². The van der Waals surface area contributed by atoms with Gasteiger partial charge in [-0.15, -0.1) is 0 Å². The van der Waals surface area contributed by atoms with Gasteiger partial charge < -0.3 is 0 Å². The number of aryl methyl sites for hydroxylation is 2. The van der Waals surface area contributed by atoms with Crippen molar-refractivity contribution in [3.63, 3.8) is 0 Å². The minimum Gasteiger partial charge on any atom is -0.275 e. The lowest BCUT2D eigenvalue weighted by molar-refractivity contribution is 0.602. The van der Waals surface area contributed by atoms with Gasteiger partial charge in [0.1, 0.15) is 0 Å². The van der Waals surface area contributed by atoms with E-state index in [1.54, 1.807) is 16.8 Å². The molecule has 0 N–H and O–H groups in total. The highest BCUT2D eigenvalue weighted by molar-refractivity contribution is 7.90. The third kappa shape index (κ3) is 2.46. The van der Waals surface area contributed by atoms with Gasteiger partial charge in [0.25, 0.3) is 0 Å². The summed E-state index contributed by atoms with van der Waals surface area (Å²) in [5.74, 6) is 0. The van der Waals surface area contributed by atoms with Crippen molar-refractivity contribution in [3.8, 4) is 11.1 Å². The summed E-state index contributed by atoms with van der Waals surface area (Å²) in [6.07, 6.45) is 4.02. The first kappa shape index (κ1) is 12.8. The lowest BCUT2D eigenvalue weighted by Gasteiger charge is -2.02. The first-order valence-corrected chi connectivity index (χ1v) is 7.64. The van der Waals surface area contributed by atoms with Gasteiger partial charge in [-0.25, -0.2) is 8.42 Å². The number of aromatic nitrogens is 2. The number of nitrogens with zero attached hydrogens (tertiary/aromatic N) is 2. The number of hydrogen-bond acceptors (Lipinski definition) is 3. The van der Waals surface area contributed by atoms with E-state index in [9.17, 15) is 8.42 Å². The molecule has 0 fully saturated rings. The molecule has 0 aliphatic carbocycles. The van der Waals surface area contributed by atoms with Crippen LogP contribution < -0.4 is 0 Å². The van der Waals surface area contributed by atoms with Crippen molar-refractivity contribution in [2.75, 3.05) is 6.26 Å². The van der Waals surface area contributed by atoms with E-state index in [-0.39, 0.29) is 0 Å². The van der Waals surface area contributed by atoms with E-state index in [1.165, 1.54) is 6.26 Å². The van der Waals surface area contributed by atoms with Gasteiger partial charge in [-0.3, -0.25) is 4.68 Å². The van der Waals surface area contributed by atoms with E-state index in [4.69, 9.17) is 0 Å². The second kappa shape index (κ2) is 4.57. The molecule has 0 amide bonds. The minimum absolute atomic E-state index is 0.341. The molecule has 96 valence electrons. The molecule has 2 aromatic rings. The van der Waals surface area contributed by atoms with Gasteiger partial charge in [0, 0.05) is 25.1 Å². The van der Waals surface area contributed by atoms with Crippen LogP contribution in [-0.4, -0.2) is 24.5 Å². The van der Waals surface area contributed by atoms with Crippen LogP contribution in [0.2, 0.25) is 0 Å². The van der Waals surface area contributed by atoms with Crippen LogP contribution in [0.4, 0.5) is 0 Å². The SMILES string of the molecule is CCc1nn(C)cc1-c1ccc(S(C)(=O)=O)cc1. The first-order valence-electron chi connectivity index (χ1n) is 5.75. The van der Waals surface area contributed by atoms with Gasteiger partial charge in [0.15, 0.2) is 9.84 Å². The van der Waals surface area contributed by atoms with Crippen LogP contribution in [0.15, 0.2) is 35.4 Å². The highest BCUT2D eigenvalue weighted by Crippen LogP contribution is 2.24. The maximum absolute atomic E-state index is 11.4. The summed E-state index contributed by atoms with van der Waals surface area (Å²) in [5, 5.41) is 4.38. The van der Waals surface area contributed by atoms with Crippen LogP contribution in [0.5, 0.6) is 0 Å². The maximum Gasteiger partial charge on any atom is 0.175 e. The fraction of sp³-hybridized carbons (Fsp3) is 0.308. The molecule has 0 unspecified atom stereocenters. The Balaban J connectivity index is 2.46. The molecule has 0 saturated heterocycles. The summed E-state index contributed by atoms with van der Waals surface area (Å²) in [5.41, 5.74) is 3.07. The smallest absolute Gasteiger partial charge is 0.175 e. The Morgan fingerprint density at radius 1 is 1.22 bits per heavy atom. The van der Waals surface area contributed by atoms with Crippen molar-refractivity contribution < 1.29 is 8.42 Å². The molecule has 1 aromatic carbocycles. The average Bonchev–Trinajstić information content (AvgIpc) is 2.69. The molecule has 0 aliphatic heterocycles. The van der Waals surface area contributed by atoms with Gasteiger partial charge in [-0.1, -0.05) is 19.1 Å². The van der Waals surface area contributed by atoms with E-state index in [1.807, 2.05) is 25.4 Å². The molecule has 0 aliphatic rings. The van der Waals surface area contributed by atoms with Gasteiger partial charge >= 0.3 is 0 Å². The van der Waals surface area contributed by atoms with E-state index >= 15 is 0 Å². The number of hydrogen-bond donors (Lipinski definition) is 0. The normalized spacial score (nSPS) is 11.7. The molecule has 0 saturated carbocycles. The van der Waals surface area contributed by atoms with Crippen molar-refractivity contribution in [2.24, 2.45) is 7.05 Å². The third-order valence-corrected chi connectivity index (χ3v) is 3.96. The maximum atomic E-state index is 11.4. The third-order valence-electron chi connectivity index (χ3n) is 2.83. The predicted octanol–water partition coefficient (Wildman–Crippen LogP) is 2.05. The summed E-state index contributed by atoms with van der Waals surface area (Å²) in [6.45, 7) is 2.05. The second-order valence-corrected chi connectivity index (χ2v) is 6.33. The minimum atomic E-state index is -3.13. The van der Waals surface area contributed by atoms with E-state index in [0.717, 1.165) is 23.2 Å². The average molecular weight is 264 g/mol. The second-order valence-electron chi connectivity index (χ2n) is 4.31. The Hall–Kier alpha value is -1.62. The summed E-state index contributed by atoms with van der Waals surface area (Å²) in [6, 6.07) is 6.92. The lowest BCUT2D eigenvalue weighted by Crippen LogP contribution is -1.96. The van der Waals surface area contributed by atoms with Crippen molar-refractivity contribution in [1.82, 2.24) is 9.78 Å². The molecule has 18 heavy (non-hydrogen) atoms. The highest BCUT2D eigenvalue weighted by Gasteiger charge is 2.10. The molecule has 0 spiro atoms. The predicted molar refractivity (Wildman–Crippen MR) is 71.1 cm³/mol. The Bertz CT molecular complexity index is 655. The molecule has 1 heterocycles. The number of rotatable bonds is 3. The van der Waals surface area contributed by atoms with Crippen LogP contribution in [-0.2, 0) is 23.3 Å². The summed E-state index contributed by atoms with van der Waals surface area (Å²) in [4.78, 5) is 0.341. The monoisotopic (exact) mass is 264 g/mol. The van der Waals surface area contributed by atoms with Gasteiger partial charge in [-0.05, 0) is 24.1 Å². The largest absolute Gasteiger partial charge is 0.275 e. The molecule has 0 atom stereocenters. The molecule has 0 bridgehead atoms. The molecule has 0 radical (unpaired) electrons. The van der Waals surface area contributed by atoms with Crippen LogP contribution in [0.25, 0.3) is 11.1 Å². The van der Waals surface area contributed by atoms with Crippen LogP contribution in [0.1, 0.15) is 12.6 Å². The van der Waals surface area contributed by atoms with Gasteiger partial charge in [0.2, 0.25) is 0 Å². The van der Waals surface area contributed by atoms with Crippen molar-refractivity contribution in [2.45, 2.75) is 18.2 Å². The number of sulfone groups is 1. The standard InChI is InChI=1S/C13H16N2O2S/c1-4-13-12(9-15(2)14-13)10-5-7-11(8-6-10)18(3,16)17/h5-9H,4H2,1-3H3. The van der Waals surface area contributed by atoms with E-state index in [0.29, 0.717) is 4.90 Å². The molecule has 4 nitrogen and oxygen atoms in total. The zero-order valence-electron chi connectivity index (χ0n) is 10.7. The fourth-order valence-corrected chi connectivity index (χ4v) is 2.55. The molecule has 5 heteroatoms. The van der Waals surface area contributed by atoms with Crippen molar-refractivity contribution >= 4 is 9.84 Å². The van der Waals surface area contributed by atoms with Crippen LogP contribution >= 0.6 is 0 Å². The molecular weight excluding hydrogens is 248 g/mol. The Morgan fingerprint density at radius 3 is 2.33 bits per heavy atom. The first-order chi connectivity index (χ1) is 8.41. The molecule has 2 rings (SSSR count). The zero-order valence-corrected chi connectivity index (χ0v) is 11.5. The summed E-state index contributed by atoms with van der Waals surface area (Å²) >= 11 is 0. The fourth-order valence-electron chi connectivity index (χ4n) is 1.92. The van der Waals surface area contributed by atoms with Crippen LogP contribution in [0, 0.1) is 0 Å². The van der Waals surface area contributed by atoms with Crippen LogP contribution in [0.3, 0.4) is 0 Å². The topological polar surface area (TPSA) is 52.0 Å². The summed E-state index contributed by atoms with van der Waals surface area (Å²) < 4.78 is 24.6. The van der Waals surface area contributed by atoms with Crippen molar-refractivity contribution in [1.29, 1.82) is 0 Å². The van der Waals surface area contributed by atoms with Gasteiger partial charge in [0.05, 0.1) is 10.6 Å². The lowest BCUT2D eigenvalue weighted by atomic mass is 10.1. The number of benzene rings is 1. The molecular formula is C13H16N2O2S. The Labute approximate surface area is 107 Å². The van der Waals surface area contributed by atoms with Crippen molar-refractivity contribution in [3.05, 3.63) is 36.2 Å². The molecule has 1 aromatic heterocycles. The Kier molecular flexibility index (Phi) is 3.26. The highest BCUT2D eigenvalue weighted by atomic mass is 32.2. The summed E-state index contributed by atoms with van der Waals surface area (Å²) in [7, 11) is -1.25. The Morgan fingerprint density at radius 2 is 1.83 bits per heavy atom. The zero-order chi connectivity index (χ0) is 13.3. The quantitative estimate of drug-likeness (QED) is 0.852. The van der Waals surface area contributed by atoms with E-state index in [2.05, 4.69) is 12.0 Å².